The Morgan fingerprint density at radius 3 is 3.07 bits per heavy atom. The number of halogens is 1. The topological polar surface area (TPSA) is 55.1 Å². The van der Waals surface area contributed by atoms with Crippen LogP contribution in [-0.2, 0) is 17.8 Å². The van der Waals surface area contributed by atoms with Crippen molar-refractivity contribution in [2.24, 2.45) is 5.92 Å². The van der Waals surface area contributed by atoms with Gasteiger partial charge >= 0.3 is 5.97 Å². The van der Waals surface area contributed by atoms with Crippen molar-refractivity contribution in [1.29, 1.82) is 0 Å². The molecule has 0 saturated carbocycles. The Hall–Kier alpha value is -1.03. The molecule has 0 radical (unpaired) electrons. The summed E-state index contributed by atoms with van der Waals surface area (Å²) in [6.45, 7) is 2.35. The van der Waals surface area contributed by atoms with Gasteiger partial charge in [-0.15, -0.1) is 0 Å². The van der Waals surface area contributed by atoms with Crippen LogP contribution in [0.15, 0.2) is 0 Å². The minimum Gasteiger partial charge on any atom is -0.481 e. The number of fused-ring (bicyclic) bond motifs is 1. The van der Waals surface area contributed by atoms with Crippen LogP contribution in [0.5, 0.6) is 0 Å². The van der Waals surface area contributed by atoms with E-state index in [1.165, 1.54) is 0 Å². The van der Waals surface area contributed by atoms with Gasteiger partial charge in [0.1, 0.15) is 0 Å². The summed E-state index contributed by atoms with van der Waals surface area (Å²) in [6.07, 6.45) is 1.43. The molecule has 0 fully saturated rings. The molecule has 1 aromatic heterocycles. The van der Waals surface area contributed by atoms with Gasteiger partial charge in [0.05, 0.1) is 11.6 Å². The standard InChI is InChI=1S/C9H11ClN2O2/c1-5-7-3-2-6(8(13)14)4-12(7)9(10)11-5/h6H,2-4H2,1H3,(H,13,14). The van der Waals surface area contributed by atoms with Gasteiger partial charge in [0.2, 0.25) is 5.28 Å². The van der Waals surface area contributed by atoms with Crippen LogP contribution in [0.3, 0.4) is 0 Å². The predicted molar refractivity (Wildman–Crippen MR) is 51.4 cm³/mol. The summed E-state index contributed by atoms with van der Waals surface area (Å²) in [4.78, 5) is 14.9. The zero-order valence-corrected chi connectivity index (χ0v) is 8.58. The van der Waals surface area contributed by atoms with Crippen molar-refractivity contribution in [2.75, 3.05) is 0 Å². The smallest absolute Gasteiger partial charge is 0.308 e. The number of carbonyl (C=O) groups is 1. The maximum absolute atomic E-state index is 10.8. The lowest BCUT2D eigenvalue weighted by atomic mass is 9.97. The number of hydrogen-bond acceptors (Lipinski definition) is 2. The molecule has 0 amide bonds. The third kappa shape index (κ3) is 1.39. The molecule has 1 aliphatic rings. The zero-order valence-electron chi connectivity index (χ0n) is 7.83. The minimum atomic E-state index is -0.752. The maximum Gasteiger partial charge on any atom is 0.308 e. The number of aliphatic carboxylic acids is 1. The first-order chi connectivity index (χ1) is 6.59. The van der Waals surface area contributed by atoms with Gasteiger partial charge in [0.25, 0.3) is 0 Å². The summed E-state index contributed by atoms with van der Waals surface area (Å²) >= 11 is 5.89. The largest absolute Gasteiger partial charge is 0.481 e. The summed E-state index contributed by atoms with van der Waals surface area (Å²) in [5.74, 6) is -1.08. The highest BCUT2D eigenvalue weighted by Crippen LogP contribution is 2.26. The Balaban J connectivity index is 2.34. The molecular formula is C9H11ClN2O2. The van der Waals surface area contributed by atoms with Crippen LogP contribution in [0, 0.1) is 12.8 Å². The quantitative estimate of drug-likeness (QED) is 0.771. The summed E-state index contributed by atoms with van der Waals surface area (Å²) in [7, 11) is 0. The van der Waals surface area contributed by atoms with Crippen molar-refractivity contribution in [3.63, 3.8) is 0 Å². The number of rotatable bonds is 1. The van der Waals surface area contributed by atoms with E-state index in [1.54, 1.807) is 4.57 Å². The number of carboxylic acids is 1. The van der Waals surface area contributed by atoms with Crippen molar-refractivity contribution in [2.45, 2.75) is 26.3 Å². The Kier molecular flexibility index (Phi) is 2.23. The van der Waals surface area contributed by atoms with E-state index in [9.17, 15) is 4.79 Å². The second-order valence-corrected chi connectivity index (χ2v) is 3.94. The molecule has 1 aliphatic heterocycles. The maximum atomic E-state index is 10.8. The van der Waals surface area contributed by atoms with Gasteiger partial charge in [-0.1, -0.05) is 0 Å². The normalized spacial score (nSPS) is 20.6. The van der Waals surface area contributed by atoms with E-state index in [0.29, 0.717) is 18.2 Å². The molecule has 1 atom stereocenters. The van der Waals surface area contributed by atoms with Crippen LogP contribution in [0.2, 0.25) is 5.28 Å². The van der Waals surface area contributed by atoms with Gasteiger partial charge in [-0.3, -0.25) is 4.79 Å². The first-order valence-electron chi connectivity index (χ1n) is 4.54. The third-order valence-electron chi connectivity index (χ3n) is 2.71. The second-order valence-electron chi connectivity index (χ2n) is 3.60. The van der Waals surface area contributed by atoms with E-state index < -0.39 is 5.97 Å². The van der Waals surface area contributed by atoms with Gasteiger partial charge < -0.3 is 9.67 Å². The molecule has 0 aliphatic carbocycles. The summed E-state index contributed by atoms with van der Waals surface area (Å²) in [5, 5.41) is 9.29. The van der Waals surface area contributed by atoms with E-state index in [2.05, 4.69) is 4.98 Å². The van der Waals surface area contributed by atoms with Gasteiger partial charge in [0, 0.05) is 12.2 Å². The summed E-state index contributed by atoms with van der Waals surface area (Å²) in [6, 6.07) is 0. The van der Waals surface area contributed by atoms with E-state index in [-0.39, 0.29) is 5.92 Å². The number of aromatic nitrogens is 2. The SMILES string of the molecule is Cc1nc(Cl)n2c1CCC(C(=O)O)C2. The fourth-order valence-corrected chi connectivity index (χ4v) is 2.19. The fraction of sp³-hybridized carbons (Fsp3) is 0.556. The molecule has 0 aromatic carbocycles. The van der Waals surface area contributed by atoms with Crippen molar-refractivity contribution < 1.29 is 9.90 Å². The van der Waals surface area contributed by atoms with Crippen molar-refractivity contribution in [1.82, 2.24) is 9.55 Å². The average Bonchev–Trinajstić information content (AvgIpc) is 2.42. The van der Waals surface area contributed by atoms with Crippen molar-refractivity contribution in [3.05, 3.63) is 16.7 Å². The van der Waals surface area contributed by atoms with Gasteiger partial charge in [0.15, 0.2) is 0 Å². The van der Waals surface area contributed by atoms with E-state index in [1.807, 2.05) is 6.92 Å². The second kappa shape index (κ2) is 3.28. The molecule has 2 heterocycles. The molecule has 5 heteroatoms. The van der Waals surface area contributed by atoms with Gasteiger partial charge in [-0.05, 0) is 31.4 Å². The van der Waals surface area contributed by atoms with Crippen LogP contribution < -0.4 is 0 Å². The van der Waals surface area contributed by atoms with E-state index in [0.717, 1.165) is 17.8 Å². The van der Waals surface area contributed by atoms with Crippen LogP contribution >= 0.6 is 11.6 Å². The number of nitrogens with zero attached hydrogens (tertiary/aromatic N) is 2. The molecule has 1 aromatic rings. The highest BCUT2D eigenvalue weighted by atomic mass is 35.5. The van der Waals surface area contributed by atoms with Crippen LogP contribution in [0.1, 0.15) is 17.8 Å². The Morgan fingerprint density at radius 1 is 1.71 bits per heavy atom. The zero-order chi connectivity index (χ0) is 10.3. The molecule has 1 N–H and O–H groups in total. The number of imidazole rings is 1. The molecule has 76 valence electrons. The number of hydrogen-bond donors (Lipinski definition) is 1. The molecule has 2 rings (SSSR count). The van der Waals surface area contributed by atoms with Crippen molar-refractivity contribution in [3.8, 4) is 0 Å². The monoisotopic (exact) mass is 214 g/mol. The van der Waals surface area contributed by atoms with Gasteiger partial charge in [-0.2, -0.15) is 0 Å². The third-order valence-corrected chi connectivity index (χ3v) is 3.00. The van der Waals surface area contributed by atoms with Crippen LogP contribution in [0.4, 0.5) is 0 Å². The lowest BCUT2D eigenvalue weighted by Gasteiger charge is -2.21. The molecule has 0 spiro atoms. The minimum absolute atomic E-state index is 0.325. The van der Waals surface area contributed by atoms with Crippen LogP contribution in [-0.4, -0.2) is 20.6 Å². The Morgan fingerprint density at radius 2 is 2.43 bits per heavy atom. The average molecular weight is 215 g/mol. The van der Waals surface area contributed by atoms with Crippen LogP contribution in [0.25, 0.3) is 0 Å². The lowest BCUT2D eigenvalue weighted by molar-refractivity contribution is -0.142. The highest BCUT2D eigenvalue weighted by molar-refractivity contribution is 6.28. The molecule has 0 bridgehead atoms. The molecular weight excluding hydrogens is 204 g/mol. The molecule has 0 saturated heterocycles. The number of carboxylic acid groups (broad SMARTS) is 1. The summed E-state index contributed by atoms with van der Waals surface area (Å²) < 4.78 is 1.80. The molecule has 14 heavy (non-hydrogen) atoms. The summed E-state index contributed by atoms with van der Waals surface area (Å²) in [5.41, 5.74) is 1.99. The van der Waals surface area contributed by atoms with E-state index >= 15 is 0 Å². The lowest BCUT2D eigenvalue weighted by Crippen LogP contribution is -2.26. The van der Waals surface area contributed by atoms with Gasteiger partial charge in [-0.25, -0.2) is 4.98 Å². The predicted octanol–water partition coefficient (Wildman–Crippen LogP) is 1.49. The number of aryl methyl sites for hydroxylation is 1. The Bertz CT molecular complexity index is 386. The molecule has 4 nitrogen and oxygen atoms in total. The van der Waals surface area contributed by atoms with E-state index in [4.69, 9.17) is 16.7 Å². The van der Waals surface area contributed by atoms with Crippen molar-refractivity contribution >= 4 is 17.6 Å². The Labute approximate surface area is 86.5 Å². The molecule has 1 unspecified atom stereocenters. The fourth-order valence-electron chi connectivity index (χ4n) is 1.90. The first kappa shape index (κ1) is 9.52. The highest BCUT2D eigenvalue weighted by Gasteiger charge is 2.27. The first-order valence-corrected chi connectivity index (χ1v) is 4.91.